The van der Waals surface area contributed by atoms with Gasteiger partial charge in [0, 0.05) is 37.6 Å². The van der Waals surface area contributed by atoms with Crippen LogP contribution in [0.3, 0.4) is 0 Å². The first kappa shape index (κ1) is 20.7. The Balaban J connectivity index is 1.58. The van der Waals surface area contributed by atoms with Crippen molar-refractivity contribution in [1.82, 2.24) is 10.2 Å². The minimum absolute atomic E-state index is 0.00146. The lowest BCUT2D eigenvalue weighted by Crippen LogP contribution is -2.57. The smallest absolute Gasteiger partial charge is 0.319 e. The zero-order chi connectivity index (χ0) is 20.8. The van der Waals surface area contributed by atoms with Crippen LogP contribution in [-0.2, 0) is 4.79 Å². The van der Waals surface area contributed by atoms with E-state index in [1.165, 1.54) is 11.3 Å². The van der Waals surface area contributed by atoms with E-state index < -0.39 is 6.04 Å². The standard InChI is InChI=1S/C23H30N4O2/c1-17(2)21(25-23(29)24-19-10-5-4-6-11-19)22(28)27-15-13-26(14-16-27)20-12-8-7-9-18(20)3/h4-12,17,21H,13-16H2,1-3H3,(H2,24,25,29)/t21-/m0/s1. The number of urea groups is 1. The molecule has 3 amide bonds. The SMILES string of the molecule is Cc1ccccc1N1CCN(C(=O)[C@@H](NC(=O)Nc2ccccc2)C(C)C)CC1. The van der Waals surface area contributed by atoms with E-state index in [2.05, 4.69) is 34.6 Å². The third-order valence-corrected chi connectivity index (χ3v) is 5.30. The Kier molecular flexibility index (Phi) is 6.75. The highest BCUT2D eigenvalue weighted by Crippen LogP contribution is 2.21. The summed E-state index contributed by atoms with van der Waals surface area (Å²) in [6.07, 6.45) is 0. The molecule has 0 bridgehead atoms. The number of carbonyl (C=O) groups is 2. The number of rotatable bonds is 5. The Morgan fingerprint density at radius 3 is 2.14 bits per heavy atom. The molecule has 2 aromatic carbocycles. The minimum Gasteiger partial charge on any atom is -0.368 e. The Hall–Kier alpha value is -3.02. The van der Waals surface area contributed by atoms with Crippen LogP contribution in [0.1, 0.15) is 19.4 Å². The molecule has 1 fully saturated rings. The molecule has 3 rings (SSSR count). The highest BCUT2D eigenvalue weighted by Gasteiger charge is 2.31. The van der Waals surface area contributed by atoms with Crippen molar-refractivity contribution < 1.29 is 9.59 Å². The van der Waals surface area contributed by atoms with E-state index in [1.54, 1.807) is 0 Å². The summed E-state index contributed by atoms with van der Waals surface area (Å²) in [5, 5.41) is 5.65. The van der Waals surface area contributed by atoms with E-state index in [4.69, 9.17) is 0 Å². The second-order valence-corrected chi connectivity index (χ2v) is 7.78. The normalized spacial score (nSPS) is 15.2. The minimum atomic E-state index is -0.552. The molecule has 1 aliphatic rings. The van der Waals surface area contributed by atoms with Crippen LogP contribution in [0.25, 0.3) is 0 Å². The quantitative estimate of drug-likeness (QED) is 0.816. The van der Waals surface area contributed by atoms with Crippen molar-refractivity contribution in [1.29, 1.82) is 0 Å². The van der Waals surface area contributed by atoms with Gasteiger partial charge in [0.1, 0.15) is 6.04 Å². The van der Waals surface area contributed by atoms with Gasteiger partial charge >= 0.3 is 6.03 Å². The van der Waals surface area contributed by atoms with Crippen LogP contribution < -0.4 is 15.5 Å². The van der Waals surface area contributed by atoms with Crippen LogP contribution >= 0.6 is 0 Å². The van der Waals surface area contributed by atoms with Gasteiger partial charge in [0.15, 0.2) is 0 Å². The van der Waals surface area contributed by atoms with Crippen LogP contribution in [0.2, 0.25) is 0 Å². The van der Waals surface area contributed by atoms with Gasteiger partial charge in [-0.05, 0) is 36.6 Å². The van der Waals surface area contributed by atoms with Crippen molar-refractivity contribution in [3.8, 4) is 0 Å². The molecule has 0 saturated carbocycles. The molecule has 0 aliphatic carbocycles. The summed E-state index contributed by atoms with van der Waals surface area (Å²) >= 11 is 0. The first-order chi connectivity index (χ1) is 14.0. The molecule has 0 aromatic heterocycles. The van der Waals surface area contributed by atoms with Gasteiger partial charge in [-0.2, -0.15) is 0 Å². The monoisotopic (exact) mass is 394 g/mol. The summed E-state index contributed by atoms with van der Waals surface area (Å²) in [6, 6.07) is 16.6. The van der Waals surface area contributed by atoms with Gasteiger partial charge in [-0.3, -0.25) is 4.79 Å². The van der Waals surface area contributed by atoms with Gasteiger partial charge in [-0.25, -0.2) is 4.79 Å². The Bertz CT molecular complexity index is 830. The number of amides is 3. The lowest BCUT2D eigenvalue weighted by atomic mass is 10.0. The lowest BCUT2D eigenvalue weighted by Gasteiger charge is -2.38. The number of carbonyl (C=O) groups excluding carboxylic acids is 2. The van der Waals surface area contributed by atoms with Crippen molar-refractivity contribution >= 4 is 23.3 Å². The lowest BCUT2D eigenvalue weighted by molar-refractivity contribution is -0.134. The zero-order valence-electron chi connectivity index (χ0n) is 17.4. The molecule has 0 spiro atoms. The van der Waals surface area contributed by atoms with Crippen molar-refractivity contribution in [2.45, 2.75) is 26.8 Å². The molecule has 2 aromatic rings. The van der Waals surface area contributed by atoms with Crippen molar-refractivity contribution in [2.24, 2.45) is 5.92 Å². The second-order valence-electron chi connectivity index (χ2n) is 7.78. The Morgan fingerprint density at radius 2 is 1.52 bits per heavy atom. The van der Waals surface area contributed by atoms with Crippen LogP contribution in [-0.4, -0.2) is 49.1 Å². The third-order valence-electron chi connectivity index (χ3n) is 5.30. The summed E-state index contributed by atoms with van der Waals surface area (Å²) in [7, 11) is 0. The van der Waals surface area contributed by atoms with Crippen molar-refractivity contribution in [3.63, 3.8) is 0 Å². The van der Waals surface area contributed by atoms with E-state index in [1.807, 2.05) is 61.2 Å². The number of hydrogen-bond acceptors (Lipinski definition) is 3. The number of nitrogens with one attached hydrogen (secondary N) is 2. The van der Waals surface area contributed by atoms with Gasteiger partial charge in [-0.1, -0.05) is 50.2 Å². The van der Waals surface area contributed by atoms with Crippen LogP contribution in [0.5, 0.6) is 0 Å². The zero-order valence-corrected chi connectivity index (χ0v) is 17.4. The molecule has 1 aliphatic heterocycles. The van der Waals surface area contributed by atoms with Crippen molar-refractivity contribution in [2.75, 3.05) is 36.4 Å². The molecule has 1 heterocycles. The van der Waals surface area contributed by atoms with E-state index >= 15 is 0 Å². The molecular weight excluding hydrogens is 364 g/mol. The predicted molar refractivity (Wildman–Crippen MR) is 117 cm³/mol. The molecule has 6 heteroatoms. The highest BCUT2D eigenvalue weighted by molar-refractivity contribution is 5.93. The largest absolute Gasteiger partial charge is 0.368 e. The number of para-hydroxylation sites is 2. The Morgan fingerprint density at radius 1 is 0.897 bits per heavy atom. The van der Waals surface area contributed by atoms with E-state index in [0.717, 1.165) is 13.1 Å². The number of aryl methyl sites for hydroxylation is 1. The fraction of sp³-hybridized carbons (Fsp3) is 0.391. The summed E-state index contributed by atoms with van der Waals surface area (Å²) in [5.41, 5.74) is 3.17. The maximum atomic E-state index is 13.1. The number of nitrogens with zero attached hydrogens (tertiary/aromatic N) is 2. The molecule has 1 atom stereocenters. The van der Waals surface area contributed by atoms with Gasteiger partial charge in [0.2, 0.25) is 5.91 Å². The number of benzene rings is 2. The van der Waals surface area contributed by atoms with Crippen molar-refractivity contribution in [3.05, 3.63) is 60.2 Å². The van der Waals surface area contributed by atoms with Gasteiger partial charge in [0.05, 0.1) is 0 Å². The topological polar surface area (TPSA) is 64.7 Å². The van der Waals surface area contributed by atoms with E-state index in [9.17, 15) is 9.59 Å². The molecule has 29 heavy (non-hydrogen) atoms. The second kappa shape index (κ2) is 9.45. The fourth-order valence-corrected chi connectivity index (χ4v) is 3.63. The maximum absolute atomic E-state index is 13.1. The molecule has 2 N–H and O–H groups in total. The first-order valence-electron chi connectivity index (χ1n) is 10.2. The molecule has 1 saturated heterocycles. The van der Waals surface area contributed by atoms with Gasteiger partial charge in [0.25, 0.3) is 0 Å². The predicted octanol–water partition coefficient (Wildman–Crippen LogP) is 3.49. The molecule has 6 nitrogen and oxygen atoms in total. The summed E-state index contributed by atoms with van der Waals surface area (Å²) < 4.78 is 0. The Labute approximate surface area is 172 Å². The van der Waals surface area contributed by atoms with Crippen LogP contribution in [0, 0.1) is 12.8 Å². The van der Waals surface area contributed by atoms with Crippen LogP contribution in [0.4, 0.5) is 16.2 Å². The third kappa shape index (κ3) is 5.28. The molecular formula is C23H30N4O2. The molecule has 0 unspecified atom stereocenters. The summed E-state index contributed by atoms with van der Waals surface area (Å²) in [6.45, 7) is 8.90. The average molecular weight is 395 g/mol. The average Bonchev–Trinajstić information content (AvgIpc) is 2.72. The highest BCUT2D eigenvalue weighted by atomic mass is 16.2. The summed E-state index contributed by atoms with van der Waals surface area (Å²) in [4.78, 5) is 29.7. The molecule has 0 radical (unpaired) electrons. The van der Waals surface area contributed by atoms with Gasteiger partial charge < -0.3 is 20.4 Å². The first-order valence-corrected chi connectivity index (χ1v) is 10.2. The van der Waals surface area contributed by atoms with E-state index in [-0.39, 0.29) is 17.9 Å². The maximum Gasteiger partial charge on any atom is 0.319 e. The van der Waals surface area contributed by atoms with Gasteiger partial charge in [-0.15, -0.1) is 0 Å². The number of hydrogen-bond donors (Lipinski definition) is 2. The van der Waals surface area contributed by atoms with Crippen LogP contribution in [0.15, 0.2) is 54.6 Å². The van der Waals surface area contributed by atoms with E-state index in [0.29, 0.717) is 18.8 Å². The number of anilines is 2. The summed E-state index contributed by atoms with van der Waals surface area (Å²) in [5.74, 6) is -0.0222. The number of piperazine rings is 1. The fourth-order valence-electron chi connectivity index (χ4n) is 3.63. The molecule has 154 valence electrons.